The molecule has 0 unspecified atom stereocenters. The van der Waals surface area contributed by atoms with Crippen LogP contribution < -0.4 is 10.9 Å². The normalized spacial score (nSPS) is 11.0. The molecule has 0 radical (unpaired) electrons. The Morgan fingerprint density at radius 2 is 1.23 bits per heavy atom. The Labute approximate surface area is 172 Å². The second-order valence-corrected chi connectivity index (χ2v) is 6.16. The molecule has 2 aromatic heterocycles. The minimum atomic E-state index is -0.401. The fraction of sp³-hybridized carbons (Fsp3) is 0.0476. The average Bonchev–Trinajstić information content (AvgIpc) is 2.77. The van der Waals surface area contributed by atoms with Crippen molar-refractivity contribution >= 4 is 24.2 Å². The Balaban J connectivity index is 1.68. The van der Waals surface area contributed by atoms with Crippen LogP contribution in [0.3, 0.4) is 0 Å². The number of nitrogens with one attached hydrogen (secondary N) is 2. The Kier molecular flexibility index (Phi) is 6.57. The quantitative estimate of drug-likeness (QED) is 0.429. The van der Waals surface area contributed by atoms with Gasteiger partial charge in [-0.15, -0.1) is 0 Å². The van der Waals surface area contributed by atoms with Crippen LogP contribution in [0, 0.1) is 6.92 Å². The van der Waals surface area contributed by atoms with Gasteiger partial charge in [0.25, 0.3) is 11.8 Å². The van der Waals surface area contributed by atoms with Crippen molar-refractivity contribution in [1.82, 2.24) is 20.8 Å². The summed E-state index contributed by atoms with van der Waals surface area (Å²) in [6, 6.07) is 9.63. The molecular weight excluding hydrogens is 384 g/mol. The zero-order valence-electron chi connectivity index (χ0n) is 16.0. The van der Waals surface area contributed by atoms with Gasteiger partial charge in [-0.25, -0.2) is 10.9 Å². The molecular formula is C21H18N6O3. The first-order valence-electron chi connectivity index (χ1n) is 8.85. The van der Waals surface area contributed by atoms with E-state index in [9.17, 15) is 14.7 Å². The lowest BCUT2D eigenvalue weighted by atomic mass is 10.1. The Morgan fingerprint density at radius 1 is 0.833 bits per heavy atom. The summed E-state index contributed by atoms with van der Waals surface area (Å²) in [5.41, 5.74) is 7.19. The number of aromatic hydroxyl groups is 1. The van der Waals surface area contributed by atoms with Crippen LogP contribution in [-0.4, -0.2) is 39.3 Å². The molecule has 3 N–H and O–H groups in total. The first-order chi connectivity index (χ1) is 14.5. The van der Waals surface area contributed by atoms with Crippen molar-refractivity contribution in [3.8, 4) is 5.75 Å². The number of nitrogens with zero attached hydrogens (tertiary/aromatic N) is 4. The number of phenols is 1. The number of amides is 2. The number of hydrazone groups is 2. The number of phenolic OH excluding ortho intramolecular Hbond substituents is 1. The summed E-state index contributed by atoms with van der Waals surface area (Å²) in [6.07, 6.45) is 8.67. The lowest BCUT2D eigenvalue weighted by Crippen LogP contribution is -2.17. The number of aryl methyl sites for hydroxylation is 1. The molecule has 0 saturated heterocycles. The molecule has 0 fully saturated rings. The Hall–Kier alpha value is -4.40. The number of aromatic nitrogens is 2. The summed E-state index contributed by atoms with van der Waals surface area (Å²) >= 11 is 0. The topological polar surface area (TPSA) is 129 Å². The molecule has 0 aliphatic rings. The van der Waals surface area contributed by atoms with E-state index in [4.69, 9.17) is 0 Å². The van der Waals surface area contributed by atoms with E-state index in [2.05, 4.69) is 31.0 Å². The number of pyridine rings is 2. The Morgan fingerprint density at radius 3 is 1.63 bits per heavy atom. The van der Waals surface area contributed by atoms with Crippen LogP contribution in [0.1, 0.15) is 37.4 Å². The average molecular weight is 402 g/mol. The van der Waals surface area contributed by atoms with E-state index in [1.807, 2.05) is 6.92 Å². The molecule has 30 heavy (non-hydrogen) atoms. The molecule has 0 atom stereocenters. The fourth-order valence-electron chi connectivity index (χ4n) is 2.49. The molecule has 2 amide bonds. The molecule has 9 nitrogen and oxygen atoms in total. The SMILES string of the molecule is Cc1cc(C=NNC(=O)c2ccncc2)c(O)c(/C=N/NC(=O)c2ccncc2)c1. The third kappa shape index (κ3) is 5.32. The summed E-state index contributed by atoms with van der Waals surface area (Å²) < 4.78 is 0. The van der Waals surface area contributed by atoms with Crippen molar-refractivity contribution in [3.63, 3.8) is 0 Å². The van der Waals surface area contributed by atoms with Gasteiger partial charge in [0.2, 0.25) is 0 Å². The highest BCUT2D eigenvalue weighted by molar-refractivity contribution is 5.97. The van der Waals surface area contributed by atoms with Crippen LogP contribution in [-0.2, 0) is 0 Å². The van der Waals surface area contributed by atoms with Crippen LogP contribution in [0.25, 0.3) is 0 Å². The molecule has 3 aromatic rings. The van der Waals surface area contributed by atoms with E-state index < -0.39 is 11.8 Å². The zero-order valence-corrected chi connectivity index (χ0v) is 16.0. The van der Waals surface area contributed by atoms with Crippen LogP contribution in [0.4, 0.5) is 0 Å². The van der Waals surface area contributed by atoms with E-state index in [0.717, 1.165) is 5.56 Å². The van der Waals surface area contributed by atoms with Crippen molar-refractivity contribution in [2.45, 2.75) is 6.92 Å². The molecule has 1 aromatic carbocycles. The summed E-state index contributed by atoms with van der Waals surface area (Å²) in [6.45, 7) is 1.83. The summed E-state index contributed by atoms with van der Waals surface area (Å²) in [5.74, 6) is -0.896. The summed E-state index contributed by atoms with van der Waals surface area (Å²) in [4.78, 5) is 31.7. The van der Waals surface area contributed by atoms with Crippen molar-refractivity contribution in [3.05, 3.63) is 89.0 Å². The highest BCUT2D eigenvalue weighted by Gasteiger charge is 2.08. The molecule has 2 heterocycles. The van der Waals surface area contributed by atoms with Crippen LogP contribution in [0.15, 0.2) is 71.4 Å². The highest BCUT2D eigenvalue weighted by Crippen LogP contribution is 2.21. The van der Waals surface area contributed by atoms with Crippen molar-refractivity contribution < 1.29 is 14.7 Å². The zero-order chi connectivity index (χ0) is 21.3. The molecule has 0 aliphatic heterocycles. The molecule has 3 rings (SSSR count). The molecule has 150 valence electrons. The predicted molar refractivity (Wildman–Crippen MR) is 111 cm³/mol. The number of hydrogen-bond donors (Lipinski definition) is 3. The van der Waals surface area contributed by atoms with E-state index in [-0.39, 0.29) is 5.75 Å². The van der Waals surface area contributed by atoms with Gasteiger partial charge in [0.1, 0.15) is 5.75 Å². The standard InChI is InChI=1S/C21H18N6O3/c1-14-10-17(12-24-26-20(29)15-2-6-22-7-3-15)19(28)18(11-14)13-25-27-21(30)16-4-8-23-9-5-16/h2-13,28H,1H3,(H,26,29)(H,27,30)/b24-12+,25-13?. The smallest absolute Gasteiger partial charge is 0.271 e. The maximum absolute atomic E-state index is 12.0. The lowest BCUT2D eigenvalue weighted by molar-refractivity contribution is 0.0947. The first-order valence-corrected chi connectivity index (χ1v) is 8.85. The van der Waals surface area contributed by atoms with Gasteiger partial charge in [-0.2, -0.15) is 10.2 Å². The fourth-order valence-corrected chi connectivity index (χ4v) is 2.49. The van der Waals surface area contributed by atoms with Crippen molar-refractivity contribution in [2.75, 3.05) is 0 Å². The minimum Gasteiger partial charge on any atom is -0.507 e. The lowest BCUT2D eigenvalue weighted by Gasteiger charge is -2.06. The van der Waals surface area contributed by atoms with Gasteiger partial charge in [-0.3, -0.25) is 19.6 Å². The molecule has 0 saturated carbocycles. The number of hydrogen-bond acceptors (Lipinski definition) is 7. The highest BCUT2D eigenvalue weighted by atomic mass is 16.3. The van der Waals surface area contributed by atoms with Crippen molar-refractivity contribution in [1.29, 1.82) is 0 Å². The summed E-state index contributed by atoms with van der Waals surface area (Å²) in [7, 11) is 0. The van der Waals surface area contributed by atoms with Gasteiger partial charge < -0.3 is 5.11 Å². The number of carbonyl (C=O) groups excluding carboxylic acids is 2. The number of carbonyl (C=O) groups is 2. The van der Waals surface area contributed by atoms with Gasteiger partial charge in [0.15, 0.2) is 0 Å². The largest absolute Gasteiger partial charge is 0.507 e. The molecule has 9 heteroatoms. The third-order valence-electron chi connectivity index (χ3n) is 3.94. The van der Waals surface area contributed by atoms with E-state index in [1.54, 1.807) is 36.4 Å². The van der Waals surface area contributed by atoms with Gasteiger partial charge >= 0.3 is 0 Å². The van der Waals surface area contributed by atoms with Gasteiger partial charge in [0.05, 0.1) is 12.4 Å². The molecule has 0 bridgehead atoms. The maximum Gasteiger partial charge on any atom is 0.271 e. The first kappa shape index (κ1) is 20.3. The third-order valence-corrected chi connectivity index (χ3v) is 3.94. The van der Waals surface area contributed by atoms with Gasteiger partial charge in [-0.05, 0) is 48.9 Å². The van der Waals surface area contributed by atoms with Crippen molar-refractivity contribution in [2.24, 2.45) is 10.2 Å². The maximum atomic E-state index is 12.0. The predicted octanol–water partition coefficient (Wildman–Crippen LogP) is 2.02. The van der Waals surface area contributed by atoms with E-state index in [1.165, 1.54) is 37.2 Å². The second kappa shape index (κ2) is 9.69. The molecule has 0 aliphatic carbocycles. The summed E-state index contributed by atoms with van der Waals surface area (Å²) in [5, 5.41) is 18.2. The Bertz CT molecular complexity index is 1010. The van der Waals surface area contributed by atoms with Crippen LogP contribution in [0.5, 0.6) is 5.75 Å². The minimum absolute atomic E-state index is 0.0931. The number of rotatable bonds is 6. The van der Waals surface area contributed by atoms with Gasteiger partial charge in [0, 0.05) is 47.0 Å². The monoisotopic (exact) mass is 402 g/mol. The van der Waals surface area contributed by atoms with E-state index >= 15 is 0 Å². The van der Waals surface area contributed by atoms with Crippen LogP contribution >= 0.6 is 0 Å². The van der Waals surface area contributed by atoms with E-state index in [0.29, 0.717) is 22.3 Å². The number of benzene rings is 1. The van der Waals surface area contributed by atoms with Crippen LogP contribution in [0.2, 0.25) is 0 Å². The van der Waals surface area contributed by atoms with Gasteiger partial charge in [-0.1, -0.05) is 0 Å². The second-order valence-electron chi connectivity index (χ2n) is 6.16. The molecule has 0 spiro atoms.